The number of carbonyl (C=O) groups is 2. The second-order valence-electron chi connectivity index (χ2n) is 7.95. The molecule has 158 valence electrons. The quantitative estimate of drug-likeness (QED) is 0.412. The van der Waals surface area contributed by atoms with Crippen LogP contribution in [0.3, 0.4) is 0 Å². The number of halogens is 2. The van der Waals surface area contributed by atoms with Crippen molar-refractivity contribution in [1.29, 1.82) is 0 Å². The first kappa shape index (κ1) is 21.9. The monoisotopic (exact) mass is 541 g/mol. The molecule has 0 fully saturated rings. The van der Waals surface area contributed by atoms with Crippen molar-refractivity contribution in [3.8, 4) is 0 Å². The van der Waals surface area contributed by atoms with Crippen molar-refractivity contribution in [3.63, 3.8) is 0 Å². The van der Waals surface area contributed by atoms with Gasteiger partial charge in [-0.25, -0.2) is 0 Å². The van der Waals surface area contributed by atoms with Gasteiger partial charge in [-0.2, -0.15) is 0 Å². The van der Waals surface area contributed by atoms with Crippen molar-refractivity contribution < 1.29 is 14.7 Å². The summed E-state index contributed by atoms with van der Waals surface area (Å²) >= 11 is 6.80. The molecule has 0 bridgehead atoms. The van der Waals surface area contributed by atoms with Gasteiger partial charge in [0.05, 0.1) is 18.7 Å². The molecule has 4 rings (SSSR count). The number of aliphatic hydroxyl groups is 1. The van der Waals surface area contributed by atoms with Crippen LogP contribution in [0.2, 0.25) is 0 Å². The molecule has 1 aliphatic heterocycles. The minimum absolute atomic E-state index is 0.295. The maximum Gasteiger partial charge on any atom is 0.264 e. The molecule has 0 spiro atoms. The molecule has 1 N–H and O–H groups in total. The number of carbonyl (C=O) groups excluding carboxylic acids is 2. The Morgan fingerprint density at radius 2 is 1.74 bits per heavy atom. The molecule has 1 heterocycles. The summed E-state index contributed by atoms with van der Waals surface area (Å²) in [5.74, 6) is -0.776. The molecule has 3 aromatic carbocycles. The van der Waals surface area contributed by atoms with Crippen LogP contribution in [0.25, 0.3) is 0 Å². The molecule has 1 aliphatic rings. The first-order valence-electron chi connectivity index (χ1n) is 9.88. The fourth-order valence-corrected chi connectivity index (χ4v) is 4.75. The van der Waals surface area contributed by atoms with E-state index in [0.29, 0.717) is 23.4 Å². The van der Waals surface area contributed by atoms with Crippen LogP contribution in [-0.4, -0.2) is 16.8 Å². The standard InChI is InChI=1S/C25H21Br2NO3/c1-15-6-7-16(2)18(10-15)14-28-22-9-8-20(27)12-21(22)25(31,24(28)30)13-23(29)17-4-3-5-19(26)11-17/h3-12,31H,13-14H2,1-2H3. The molecule has 1 amide bonds. The van der Waals surface area contributed by atoms with Gasteiger partial charge in [0.1, 0.15) is 0 Å². The predicted molar refractivity (Wildman–Crippen MR) is 128 cm³/mol. The summed E-state index contributed by atoms with van der Waals surface area (Å²) in [5, 5.41) is 11.6. The first-order chi connectivity index (χ1) is 14.7. The first-order valence-corrected chi connectivity index (χ1v) is 11.5. The third-order valence-corrected chi connectivity index (χ3v) is 6.68. The van der Waals surface area contributed by atoms with Crippen molar-refractivity contribution in [1.82, 2.24) is 0 Å². The molecule has 0 saturated heterocycles. The van der Waals surface area contributed by atoms with Crippen LogP contribution in [0.1, 0.15) is 39.0 Å². The number of hydrogen-bond donors (Lipinski definition) is 1. The van der Waals surface area contributed by atoms with Crippen molar-refractivity contribution in [2.45, 2.75) is 32.4 Å². The van der Waals surface area contributed by atoms with Crippen LogP contribution in [-0.2, 0) is 16.9 Å². The van der Waals surface area contributed by atoms with Gasteiger partial charge in [-0.3, -0.25) is 9.59 Å². The van der Waals surface area contributed by atoms with Gasteiger partial charge in [0.15, 0.2) is 11.4 Å². The summed E-state index contributed by atoms with van der Waals surface area (Å²) in [7, 11) is 0. The molecule has 0 saturated carbocycles. The zero-order chi connectivity index (χ0) is 22.3. The molecule has 0 aromatic heterocycles. The SMILES string of the molecule is Cc1ccc(C)c(CN2C(=O)C(O)(CC(=O)c3cccc(Br)c3)c3cc(Br)ccc32)c1. The largest absolute Gasteiger partial charge is 0.375 e. The second-order valence-corrected chi connectivity index (χ2v) is 9.78. The van der Waals surface area contributed by atoms with Crippen molar-refractivity contribution in [3.05, 3.63) is 97.4 Å². The van der Waals surface area contributed by atoms with E-state index in [1.54, 1.807) is 29.2 Å². The summed E-state index contributed by atoms with van der Waals surface area (Å²) < 4.78 is 1.50. The number of benzene rings is 3. The predicted octanol–water partition coefficient (Wildman–Crippen LogP) is 5.84. The van der Waals surface area contributed by atoms with E-state index in [1.165, 1.54) is 0 Å². The lowest BCUT2D eigenvalue weighted by Gasteiger charge is -2.23. The molecule has 4 nitrogen and oxygen atoms in total. The number of ketones is 1. The second kappa shape index (κ2) is 8.34. The smallest absolute Gasteiger partial charge is 0.264 e. The number of amides is 1. The number of fused-ring (bicyclic) bond motifs is 1. The number of rotatable bonds is 5. The molecule has 31 heavy (non-hydrogen) atoms. The summed E-state index contributed by atoms with van der Waals surface area (Å²) in [6, 6.07) is 18.4. The van der Waals surface area contributed by atoms with E-state index < -0.39 is 11.5 Å². The average molecular weight is 543 g/mol. The van der Waals surface area contributed by atoms with Crippen LogP contribution in [0, 0.1) is 13.8 Å². The topological polar surface area (TPSA) is 57.6 Å². The van der Waals surface area contributed by atoms with E-state index in [2.05, 4.69) is 31.9 Å². The van der Waals surface area contributed by atoms with Crippen LogP contribution in [0.4, 0.5) is 5.69 Å². The van der Waals surface area contributed by atoms with E-state index in [0.717, 1.165) is 25.6 Å². The summed E-state index contributed by atoms with van der Waals surface area (Å²) in [5.41, 5.74) is 2.76. The molecule has 0 aliphatic carbocycles. The number of hydrogen-bond acceptors (Lipinski definition) is 3. The fraction of sp³-hybridized carbons (Fsp3) is 0.200. The zero-order valence-corrected chi connectivity index (χ0v) is 20.3. The van der Waals surface area contributed by atoms with Crippen LogP contribution < -0.4 is 4.90 Å². The average Bonchev–Trinajstić information content (AvgIpc) is 2.92. The Balaban J connectivity index is 1.74. The number of aryl methyl sites for hydroxylation is 2. The normalized spacial score (nSPS) is 17.7. The van der Waals surface area contributed by atoms with Crippen LogP contribution in [0.5, 0.6) is 0 Å². The Kier molecular flexibility index (Phi) is 5.90. The van der Waals surface area contributed by atoms with Crippen molar-refractivity contribution in [2.24, 2.45) is 0 Å². The molecule has 1 unspecified atom stereocenters. The van der Waals surface area contributed by atoms with Gasteiger partial charge in [-0.05, 0) is 55.3 Å². The summed E-state index contributed by atoms with van der Waals surface area (Å²) in [6.45, 7) is 4.34. The van der Waals surface area contributed by atoms with Gasteiger partial charge in [0.25, 0.3) is 5.91 Å². The third kappa shape index (κ3) is 4.12. The van der Waals surface area contributed by atoms with Crippen LogP contribution in [0.15, 0.2) is 69.6 Å². The maximum atomic E-state index is 13.5. The Labute approximate surface area is 198 Å². The minimum atomic E-state index is -1.92. The Morgan fingerprint density at radius 1 is 1.00 bits per heavy atom. The lowest BCUT2D eigenvalue weighted by atomic mass is 9.88. The van der Waals surface area contributed by atoms with Crippen molar-refractivity contribution >= 4 is 49.2 Å². The molecule has 6 heteroatoms. The molecular formula is C25H21Br2NO3. The Bertz CT molecular complexity index is 1210. The van der Waals surface area contributed by atoms with Gasteiger partial charge >= 0.3 is 0 Å². The van der Waals surface area contributed by atoms with Crippen molar-refractivity contribution in [2.75, 3.05) is 4.90 Å². The van der Waals surface area contributed by atoms with Gasteiger partial charge in [0.2, 0.25) is 0 Å². The zero-order valence-electron chi connectivity index (χ0n) is 17.2. The van der Waals surface area contributed by atoms with E-state index in [4.69, 9.17) is 0 Å². The summed E-state index contributed by atoms with van der Waals surface area (Å²) in [4.78, 5) is 28.1. The molecular weight excluding hydrogens is 522 g/mol. The number of nitrogens with zero attached hydrogens (tertiary/aromatic N) is 1. The molecule has 1 atom stereocenters. The minimum Gasteiger partial charge on any atom is -0.375 e. The molecule has 0 radical (unpaired) electrons. The Morgan fingerprint density at radius 3 is 2.48 bits per heavy atom. The van der Waals surface area contributed by atoms with Crippen LogP contribution >= 0.6 is 31.9 Å². The lowest BCUT2D eigenvalue weighted by molar-refractivity contribution is -0.136. The number of Topliss-reactive ketones (excluding diaryl/α,β-unsaturated/α-hetero) is 1. The third-order valence-electron chi connectivity index (χ3n) is 5.69. The molecule has 3 aromatic rings. The highest BCUT2D eigenvalue weighted by atomic mass is 79.9. The van der Waals surface area contributed by atoms with Gasteiger partial charge in [0, 0.05) is 20.1 Å². The van der Waals surface area contributed by atoms with E-state index in [-0.39, 0.29) is 12.2 Å². The highest BCUT2D eigenvalue weighted by Crippen LogP contribution is 2.45. The maximum absolute atomic E-state index is 13.5. The van der Waals surface area contributed by atoms with E-state index >= 15 is 0 Å². The van der Waals surface area contributed by atoms with Gasteiger partial charge in [-0.1, -0.05) is 67.8 Å². The van der Waals surface area contributed by atoms with E-state index in [9.17, 15) is 14.7 Å². The summed E-state index contributed by atoms with van der Waals surface area (Å²) in [6.07, 6.45) is -0.324. The Hall–Kier alpha value is -2.28. The lowest BCUT2D eigenvalue weighted by Crippen LogP contribution is -2.41. The fourth-order valence-electron chi connectivity index (χ4n) is 3.99. The van der Waals surface area contributed by atoms with Gasteiger partial charge < -0.3 is 10.0 Å². The highest BCUT2D eigenvalue weighted by Gasteiger charge is 2.51. The highest BCUT2D eigenvalue weighted by molar-refractivity contribution is 9.10. The number of anilines is 1. The van der Waals surface area contributed by atoms with Gasteiger partial charge in [-0.15, -0.1) is 0 Å². The van der Waals surface area contributed by atoms with E-state index in [1.807, 2.05) is 50.2 Å².